The Hall–Kier alpha value is -3.21. The Kier molecular flexibility index (Phi) is 8.96. The van der Waals surface area contributed by atoms with Crippen LogP contribution in [0.2, 0.25) is 0 Å². The molecule has 0 amide bonds. The molecule has 198 valence electrons. The van der Waals surface area contributed by atoms with Gasteiger partial charge in [-0.1, -0.05) is 48.5 Å². The minimum atomic E-state index is -3.48. The van der Waals surface area contributed by atoms with E-state index in [1.165, 1.54) is 4.68 Å². The summed E-state index contributed by atoms with van der Waals surface area (Å²) in [5.74, 6) is -0.0283. The summed E-state index contributed by atoms with van der Waals surface area (Å²) < 4.78 is 34.7. The van der Waals surface area contributed by atoms with Crippen molar-refractivity contribution in [3.63, 3.8) is 0 Å². The molecule has 37 heavy (non-hydrogen) atoms. The van der Waals surface area contributed by atoms with E-state index in [2.05, 4.69) is 10.4 Å². The van der Waals surface area contributed by atoms with Gasteiger partial charge in [-0.15, -0.1) is 0 Å². The van der Waals surface area contributed by atoms with Crippen LogP contribution < -0.4 is 15.8 Å². The Bertz CT molecular complexity index is 1320. The second kappa shape index (κ2) is 12.4. The number of nitrogens with one attached hydrogen (secondary N) is 1. The maximum absolute atomic E-state index is 13.5. The summed E-state index contributed by atoms with van der Waals surface area (Å²) >= 11 is 0. The van der Waals surface area contributed by atoms with E-state index in [0.717, 1.165) is 12.0 Å². The van der Waals surface area contributed by atoms with Crippen molar-refractivity contribution in [1.29, 1.82) is 0 Å². The lowest BCUT2D eigenvalue weighted by Gasteiger charge is -2.40. The summed E-state index contributed by atoms with van der Waals surface area (Å²) in [5.41, 5.74) is 2.35. The molecule has 9 nitrogen and oxygen atoms in total. The Labute approximate surface area is 218 Å². The number of piperazine rings is 1. The van der Waals surface area contributed by atoms with E-state index >= 15 is 0 Å². The van der Waals surface area contributed by atoms with Crippen molar-refractivity contribution in [3.8, 4) is 5.69 Å². The summed E-state index contributed by atoms with van der Waals surface area (Å²) in [6.45, 7) is 6.93. The molecule has 0 aliphatic carbocycles. The highest BCUT2D eigenvalue weighted by Gasteiger charge is 2.34. The number of ether oxygens (including phenoxy) is 1. The van der Waals surface area contributed by atoms with Gasteiger partial charge in [0, 0.05) is 45.4 Å². The Morgan fingerprint density at radius 2 is 1.76 bits per heavy atom. The zero-order chi connectivity index (χ0) is 26.3. The van der Waals surface area contributed by atoms with Gasteiger partial charge in [0.05, 0.1) is 23.3 Å². The molecule has 0 radical (unpaired) electrons. The van der Waals surface area contributed by atoms with Crippen molar-refractivity contribution in [2.45, 2.75) is 32.1 Å². The first kappa shape index (κ1) is 26.8. The molecular weight excluding hydrogens is 490 g/mol. The zero-order valence-electron chi connectivity index (χ0n) is 21.4. The number of nitrogens with zero attached hydrogens (tertiary/aromatic N) is 4. The van der Waals surface area contributed by atoms with Gasteiger partial charge in [-0.3, -0.25) is 4.79 Å². The fraction of sp³-hybridized carbons (Fsp3) is 0.407. The monoisotopic (exact) mass is 525 g/mol. The van der Waals surface area contributed by atoms with Crippen molar-refractivity contribution in [1.82, 2.24) is 14.1 Å². The third kappa shape index (κ3) is 6.57. The van der Waals surface area contributed by atoms with E-state index in [0.29, 0.717) is 56.5 Å². The molecule has 1 aliphatic heterocycles. The lowest BCUT2D eigenvalue weighted by Crippen LogP contribution is -2.54. The van der Waals surface area contributed by atoms with Gasteiger partial charge < -0.3 is 15.0 Å². The molecular formula is C27H35N5O4S. The molecule has 1 aromatic heterocycles. The average Bonchev–Trinajstić information content (AvgIpc) is 2.90. The molecule has 2 aromatic carbocycles. The molecule has 1 N–H and O–H groups in total. The maximum Gasteiger partial charge on any atom is 0.296 e. The van der Waals surface area contributed by atoms with Crippen LogP contribution in [0, 0.1) is 0 Å². The Morgan fingerprint density at radius 1 is 1.05 bits per heavy atom. The first-order chi connectivity index (χ1) is 17.9. The minimum absolute atomic E-state index is 0.0283. The number of sulfonamides is 1. The summed E-state index contributed by atoms with van der Waals surface area (Å²) in [5, 5.41) is 7.77. The lowest BCUT2D eigenvalue weighted by molar-refractivity contribution is 0.147. The van der Waals surface area contributed by atoms with Crippen LogP contribution in [0.25, 0.3) is 5.69 Å². The van der Waals surface area contributed by atoms with Crippen molar-refractivity contribution >= 4 is 21.4 Å². The van der Waals surface area contributed by atoms with Crippen LogP contribution in [-0.4, -0.2) is 67.9 Å². The normalized spacial score (nSPS) is 16.6. The van der Waals surface area contributed by atoms with Crippen molar-refractivity contribution in [2.75, 3.05) is 49.6 Å². The molecule has 0 unspecified atom stereocenters. The number of rotatable bonds is 11. The molecule has 0 saturated carbocycles. The highest BCUT2D eigenvalue weighted by Crippen LogP contribution is 2.27. The second-order valence-electron chi connectivity index (χ2n) is 9.08. The highest BCUT2D eigenvalue weighted by atomic mass is 32.2. The van der Waals surface area contributed by atoms with Gasteiger partial charge in [0.1, 0.15) is 5.69 Å². The maximum atomic E-state index is 13.5. The largest absolute Gasteiger partial charge is 0.382 e. The van der Waals surface area contributed by atoms with Crippen molar-refractivity contribution in [2.24, 2.45) is 0 Å². The van der Waals surface area contributed by atoms with E-state index in [1.54, 1.807) is 10.5 Å². The number of benzene rings is 2. The zero-order valence-corrected chi connectivity index (χ0v) is 22.2. The van der Waals surface area contributed by atoms with E-state index in [4.69, 9.17) is 4.74 Å². The van der Waals surface area contributed by atoms with E-state index in [9.17, 15) is 13.2 Å². The van der Waals surface area contributed by atoms with Crippen LogP contribution in [0.3, 0.4) is 0 Å². The van der Waals surface area contributed by atoms with Gasteiger partial charge in [-0.2, -0.15) is 14.1 Å². The molecule has 1 atom stereocenters. The fourth-order valence-corrected chi connectivity index (χ4v) is 6.33. The van der Waals surface area contributed by atoms with Crippen LogP contribution in [0.4, 0.5) is 11.4 Å². The Balaban J connectivity index is 1.55. The van der Waals surface area contributed by atoms with Crippen molar-refractivity contribution < 1.29 is 13.2 Å². The molecule has 3 aromatic rings. The lowest BCUT2D eigenvalue weighted by atomic mass is 10.2. The predicted molar refractivity (Wildman–Crippen MR) is 147 cm³/mol. The van der Waals surface area contributed by atoms with Crippen molar-refractivity contribution in [3.05, 3.63) is 82.8 Å². The number of hydrogen-bond donors (Lipinski definition) is 1. The van der Waals surface area contributed by atoms with Gasteiger partial charge in [0.2, 0.25) is 10.0 Å². The third-order valence-electron chi connectivity index (χ3n) is 6.39. The fourth-order valence-electron chi connectivity index (χ4n) is 4.58. The van der Waals surface area contributed by atoms with Gasteiger partial charge >= 0.3 is 0 Å². The third-order valence-corrected chi connectivity index (χ3v) is 8.34. The molecule has 4 rings (SSSR count). The van der Waals surface area contributed by atoms with Crippen LogP contribution in [0.5, 0.6) is 0 Å². The van der Waals surface area contributed by atoms with Gasteiger partial charge in [-0.05, 0) is 38.0 Å². The van der Waals surface area contributed by atoms with E-state index in [1.807, 2.05) is 79.4 Å². The molecule has 2 heterocycles. The highest BCUT2D eigenvalue weighted by molar-refractivity contribution is 7.88. The molecule has 1 saturated heterocycles. The standard InChI is InChI=1S/C27H35N5O4S/c1-3-36-18-10-15-28-26-25(19-29-32(27(26)33)24-13-8-5-9-14-24)30-16-17-31(22(2)20-30)37(34,35)21-23-11-6-4-7-12-23/h4-9,11-14,19,22,28H,3,10,15-18,20-21H2,1-2H3/t22-/m0/s1. The SMILES string of the molecule is CCOCCCNc1c(N2CCN(S(=O)(=O)Cc3ccccc3)[C@@H](C)C2)cnn(-c2ccccc2)c1=O. The number of aromatic nitrogens is 2. The van der Waals surface area contributed by atoms with Gasteiger partial charge in [-0.25, -0.2) is 8.42 Å². The topological polar surface area (TPSA) is 96.8 Å². The average molecular weight is 526 g/mol. The second-order valence-corrected chi connectivity index (χ2v) is 11.0. The van der Waals surface area contributed by atoms with Crippen LogP contribution in [0.15, 0.2) is 71.7 Å². The van der Waals surface area contributed by atoms with Crippen LogP contribution in [0.1, 0.15) is 25.8 Å². The number of hydrogen-bond acceptors (Lipinski definition) is 7. The van der Waals surface area contributed by atoms with Gasteiger partial charge in [0.15, 0.2) is 0 Å². The van der Waals surface area contributed by atoms with E-state index in [-0.39, 0.29) is 17.4 Å². The summed E-state index contributed by atoms with van der Waals surface area (Å²) in [4.78, 5) is 15.6. The molecule has 0 spiro atoms. The van der Waals surface area contributed by atoms with Gasteiger partial charge in [0.25, 0.3) is 5.56 Å². The predicted octanol–water partition coefficient (Wildman–Crippen LogP) is 3.11. The Morgan fingerprint density at radius 3 is 2.43 bits per heavy atom. The first-order valence-corrected chi connectivity index (χ1v) is 14.3. The number of para-hydroxylation sites is 1. The summed E-state index contributed by atoms with van der Waals surface area (Å²) in [6.07, 6.45) is 2.45. The minimum Gasteiger partial charge on any atom is -0.382 e. The molecule has 0 bridgehead atoms. The van der Waals surface area contributed by atoms with Crippen LogP contribution >= 0.6 is 0 Å². The molecule has 1 fully saturated rings. The molecule has 1 aliphatic rings. The molecule has 10 heteroatoms. The quantitative estimate of drug-likeness (QED) is 0.384. The van der Waals surface area contributed by atoms with E-state index < -0.39 is 10.0 Å². The summed E-state index contributed by atoms with van der Waals surface area (Å²) in [6, 6.07) is 18.3. The first-order valence-electron chi connectivity index (χ1n) is 12.7. The summed E-state index contributed by atoms with van der Waals surface area (Å²) in [7, 11) is -3.48. The van der Waals surface area contributed by atoms with Crippen LogP contribution in [-0.2, 0) is 20.5 Å². The number of anilines is 2. The smallest absolute Gasteiger partial charge is 0.296 e.